The van der Waals surface area contributed by atoms with Crippen molar-refractivity contribution in [2.75, 3.05) is 13.1 Å². The lowest BCUT2D eigenvalue weighted by Crippen LogP contribution is -2.25. The van der Waals surface area contributed by atoms with Crippen LogP contribution in [-0.2, 0) is 12.8 Å². The highest BCUT2D eigenvalue weighted by molar-refractivity contribution is 5.94. The van der Waals surface area contributed by atoms with Crippen LogP contribution in [0, 0.1) is 0 Å². The number of amides is 1. The normalized spacial score (nSPS) is 10.4. The standard InChI is InChI=1S/C14H18N4O/c15-7-5-11-1-3-12(4-2-11)14(19)18-8-6-13-16-9-10-17-13/h1-4,9-10H,5-8,15H2,(H,16,17)(H,18,19). The maximum atomic E-state index is 11.9. The Morgan fingerprint density at radius 1 is 1.26 bits per heavy atom. The summed E-state index contributed by atoms with van der Waals surface area (Å²) in [6.45, 7) is 1.19. The monoisotopic (exact) mass is 258 g/mol. The Morgan fingerprint density at radius 2 is 2.05 bits per heavy atom. The zero-order chi connectivity index (χ0) is 13.5. The number of hydrogen-bond acceptors (Lipinski definition) is 3. The number of hydrogen-bond donors (Lipinski definition) is 3. The van der Waals surface area contributed by atoms with Gasteiger partial charge < -0.3 is 16.0 Å². The average Bonchev–Trinajstić information content (AvgIpc) is 2.93. The third-order valence-corrected chi connectivity index (χ3v) is 2.85. The number of benzene rings is 1. The van der Waals surface area contributed by atoms with Crippen LogP contribution in [0.4, 0.5) is 0 Å². The number of carbonyl (C=O) groups excluding carboxylic acids is 1. The Balaban J connectivity index is 1.82. The Bertz CT molecular complexity index is 505. The minimum Gasteiger partial charge on any atom is -0.352 e. The van der Waals surface area contributed by atoms with Gasteiger partial charge in [0.1, 0.15) is 5.82 Å². The van der Waals surface area contributed by atoms with E-state index in [2.05, 4.69) is 15.3 Å². The topological polar surface area (TPSA) is 83.8 Å². The van der Waals surface area contributed by atoms with Gasteiger partial charge in [0, 0.05) is 30.9 Å². The molecule has 1 aromatic heterocycles. The third kappa shape index (κ3) is 3.93. The Labute approximate surface area is 112 Å². The minimum atomic E-state index is -0.0640. The third-order valence-electron chi connectivity index (χ3n) is 2.85. The van der Waals surface area contributed by atoms with Crippen LogP contribution >= 0.6 is 0 Å². The SMILES string of the molecule is NCCc1ccc(C(=O)NCCc2ncc[nH]2)cc1. The maximum Gasteiger partial charge on any atom is 0.251 e. The fourth-order valence-electron chi connectivity index (χ4n) is 1.82. The first-order chi connectivity index (χ1) is 9.29. The van der Waals surface area contributed by atoms with Gasteiger partial charge in [0.05, 0.1) is 0 Å². The van der Waals surface area contributed by atoms with Gasteiger partial charge in [-0.1, -0.05) is 12.1 Å². The predicted molar refractivity (Wildman–Crippen MR) is 73.8 cm³/mol. The molecule has 19 heavy (non-hydrogen) atoms. The molecule has 100 valence electrons. The molecule has 2 aromatic rings. The number of H-pyrrole nitrogens is 1. The molecular formula is C14H18N4O. The number of aromatic amines is 1. The average molecular weight is 258 g/mol. The van der Waals surface area contributed by atoms with Crippen LogP contribution in [0.3, 0.4) is 0 Å². The van der Waals surface area contributed by atoms with E-state index in [9.17, 15) is 4.79 Å². The van der Waals surface area contributed by atoms with E-state index in [4.69, 9.17) is 5.73 Å². The largest absolute Gasteiger partial charge is 0.352 e. The van der Waals surface area contributed by atoms with Gasteiger partial charge in [-0.05, 0) is 30.7 Å². The predicted octanol–water partition coefficient (Wildman–Crippen LogP) is 0.883. The number of carbonyl (C=O) groups is 1. The molecule has 1 amide bonds. The van der Waals surface area contributed by atoms with E-state index in [1.54, 1.807) is 12.4 Å². The quantitative estimate of drug-likeness (QED) is 0.719. The highest BCUT2D eigenvalue weighted by atomic mass is 16.1. The first-order valence-electron chi connectivity index (χ1n) is 6.35. The summed E-state index contributed by atoms with van der Waals surface area (Å²) >= 11 is 0. The summed E-state index contributed by atoms with van der Waals surface area (Å²) in [5, 5.41) is 2.87. The molecule has 4 N–H and O–H groups in total. The highest BCUT2D eigenvalue weighted by Crippen LogP contribution is 2.04. The van der Waals surface area contributed by atoms with Gasteiger partial charge in [-0.15, -0.1) is 0 Å². The Morgan fingerprint density at radius 3 is 2.68 bits per heavy atom. The zero-order valence-corrected chi connectivity index (χ0v) is 10.7. The van der Waals surface area contributed by atoms with E-state index in [-0.39, 0.29) is 5.91 Å². The van der Waals surface area contributed by atoms with E-state index in [1.165, 1.54) is 0 Å². The molecule has 0 radical (unpaired) electrons. The van der Waals surface area contributed by atoms with Gasteiger partial charge in [-0.3, -0.25) is 4.79 Å². The highest BCUT2D eigenvalue weighted by Gasteiger charge is 2.05. The maximum absolute atomic E-state index is 11.9. The van der Waals surface area contributed by atoms with Gasteiger partial charge in [0.2, 0.25) is 0 Å². The minimum absolute atomic E-state index is 0.0640. The van der Waals surface area contributed by atoms with Crippen LogP contribution in [0.5, 0.6) is 0 Å². The van der Waals surface area contributed by atoms with Crippen molar-refractivity contribution in [1.82, 2.24) is 15.3 Å². The Kier molecular flexibility index (Phi) is 4.69. The van der Waals surface area contributed by atoms with Crippen molar-refractivity contribution >= 4 is 5.91 Å². The fraction of sp³-hybridized carbons (Fsp3) is 0.286. The van der Waals surface area contributed by atoms with Crippen molar-refractivity contribution in [1.29, 1.82) is 0 Å². The van der Waals surface area contributed by atoms with Gasteiger partial charge in [-0.25, -0.2) is 4.98 Å². The lowest BCUT2D eigenvalue weighted by molar-refractivity contribution is 0.0954. The van der Waals surface area contributed by atoms with E-state index in [0.717, 1.165) is 17.8 Å². The number of nitrogens with two attached hydrogens (primary N) is 1. The summed E-state index contributed by atoms with van der Waals surface area (Å²) in [6.07, 6.45) is 5.00. The summed E-state index contributed by atoms with van der Waals surface area (Å²) in [4.78, 5) is 19.0. The van der Waals surface area contributed by atoms with Crippen molar-refractivity contribution < 1.29 is 4.79 Å². The molecular weight excluding hydrogens is 240 g/mol. The molecule has 0 bridgehead atoms. The van der Waals surface area contributed by atoms with Crippen molar-refractivity contribution in [3.63, 3.8) is 0 Å². The van der Waals surface area contributed by atoms with Crippen molar-refractivity contribution in [2.24, 2.45) is 5.73 Å². The summed E-state index contributed by atoms with van der Waals surface area (Å²) in [5.41, 5.74) is 7.30. The molecule has 0 aliphatic heterocycles. The van der Waals surface area contributed by atoms with Crippen LogP contribution in [0.2, 0.25) is 0 Å². The fourth-order valence-corrected chi connectivity index (χ4v) is 1.82. The van der Waals surface area contributed by atoms with Gasteiger partial charge >= 0.3 is 0 Å². The summed E-state index contributed by atoms with van der Waals surface area (Å²) in [6, 6.07) is 7.53. The molecule has 0 spiro atoms. The second-order valence-electron chi connectivity index (χ2n) is 4.28. The molecule has 5 heteroatoms. The first-order valence-corrected chi connectivity index (χ1v) is 6.35. The lowest BCUT2D eigenvalue weighted by Gasteiger charge is -2.05. The molecule has 5 nitrogen and oxygen atoms in total. The van der Waals surface area contributed by atoms with Gasteiger partial charge in [0.15, 0.2) is 0 Å². The summed E-state index contributed by atoms with van der Waals surface area (Å²) in [5.74, 6) is 0.810. The zero-order valence-electron chi connectivity index (χ0n) is 10.7. The molecule has 0 fully saturated rings. The van der Waals surface area contributed by atoms with E-state index < -0.39 is 0 Å². The number of aromatic nitrogens is 2. The number of imidazole rings is 1. The molecule has 0 saturated heterocycles. The smallest absolute Gasteiger partial charge is 0.251 e. The summed E-state index contributed by atoms with van der Waals surface area (Å²) in [7, 11) is 0. The van der Waals surface area contributed by atoms with Crippen LogP contribution < -0.4 is 11.1 Å². The van der Waals surface area contributed by atoms with Crippen molar-refractivity contribution in [3.8, 4) is 0 Å². The molecule has 0 aliphatic rings. The number of nitrogens with one attached hydrogen (secondary N) is 2. The molecule has 1 heterocycles. The second kappa shape index (κ2) is 6.70. The van der Waals surface area contributed by atoms with Gasteiger partial charge in [-0.2, -0.15) is 0 Å². The molecule has 1 aromatic carbocycles. The molecule has 2 rings (SSSR count). The van der Waals surface area contributed by atoms with Crippen molar-refractivity contribution in [3.05, 3.63) is 53.6 Å². The Hall–Kier alpha value is -2.14. The molecule has 0 unspecified atom stereocenters. The van der Waals surface area contributed by atoms with Crippen LogP contribution in [-0.4, -0.2) is 29.0 Å². The number of rotatable bonds is 6. The van der Waals surface area contributed by atoms with E-state index in [0.29, 0.717) is 25.1 Å². The second-order valence-corrected chi connectivity index (χ2v) is 4.28. The molecule has 0 saturated carbocycles. The van der Waals surface area contributed by atoms with Crippen molar-refractivity contribution in [2.45, 2.75) is 12.8 Å². The molecule has 0 atom stereocenters. The summed E-state index contributed by atoms with van der Waals surface area (Å²) < 4.78 is 0. The first kappa shape index (κ1) is 13.3. The van der Waals surface area contributed by atoms with E-state index in [1.807, 2.05) is 24.3 Å². The number of nitrogens with zero attached hydrogens (tertiary/aromatic N) is 1. The van der Waals surface area contributed by atoms with E-state index >= 15 is 0 Å². The molecule has 0 aliphatic carbocycles. The van der Waals surface area contributed by atoms with Gasteiger partial charge in [0.25, 0.3) is 5.91 Å². The lowest BCUT2D eigenvalue weighted by atomic mass is 10.1. The van der Waals surface area contributed by atoms with Crippen LogP contribution in [0.25, 0.3) is 0 Å². The van der Waals surface area contributed by atoms with Crippen LogP contribution in [0.1, 0.15) is 21.7 Å². The van der Waals surface area contributed by atoms with Crippen LogP contribution in [0.15, 0.2) is 36.7 Å².